The van der Waals surface area contributed by atoms with Crippen molar-refractivity contribution in [3.63, 3.8) is 0 Å². The minimum atomic E-state index is -0.178. The Kier molecular flexibility index (Phi) is 3.17. The number of aliphatic hydroxyl groups excluding tert-OH is 1. The summed E-state index contributed by atoms with van der Waals surface area (Å²) < 4.78 is 5.44. The third-order valence-corrected chi connectivity index (χ3v) is 6.24. The number of phenolic OH excluding ortho intramolecular Hbond substituents is 1. The number of aromatic hydroxyl groups is 1. The number of hydrogen-bond donors (Lipinski definition) is 2. The predicted molar refractivity (Wildman–Crippen MR) is 84.5 cm³/mol. The third-order valence-electron chi connectivity index (χ3n) is 6.24. The van der Waals surface area contributed by atoms with Crippen molar-refractivity contribution in [3.8, 4) is 11.5 Å². The molecule has 22 heavy (non-hydrogen) atoms. The molecule has 0 aromatic heterocycles. The fraction of sp³-hybridized carbons (Fsp3) is 0.667. The second kappa shape index (κ2) is 4.87. The van der Waals surface area contributed by atoms with Gasteiger partial charge in [-0.15, -0.1) is 0 Å². The molecule has 3 aliphatic rings. The summed E-state index contributed by atoms with van der Waals surface area (Å²) in [7, 11) is 3.82. The van der Waals surface area contributed by atoms with Crippen LogP contribution in [0, 0.1) is 0 Å². The minimum absolute atomic E-state index is 0.0191. The molecule has 1 heterocycles. The Bertz CT molecular complexity index is 605. The van der Waals surface area contributed by atoms with Gasteiger partial charge in [0.05, 0.1) is 13.2 Å². The topological polar surface area (TPSA) is 52.9 Å². The van der Waals surface area contributed by atoms with Gasteiger partial charge in [-0.3, -0.25) is 4.90 Å². The van der Waals surface area contributed by atoms with Crippen molar-refractivity contribution in [2.24, 2.45) is 0 Å². The van der Waals surface area contributed by atoms with Crippen molar-refractivity contribution in [2.45, 2.75) is 56.1 Å². The van der Waals surface area contributed by atoms with Crippen LogP contribution in [0.4, 0.5) is 0 Å². The van der Waals surface area contributed by atoms with E-state index in [0.717, 1.165) is 50.6 Å². The quantitative estimate of drug-likeness (QED) is 0.837. The number of fused-ring (bicyclic) bond motifs is 1. The second-order valence-corrected chi connectivity index (χ2v) is 7.34. The normalized spacial score (nSPS) is 34.0. The van der Waals surface area contributed by atoms with E-state index in [2.05, 4.69) is 11.9 Å². The molecule has 120 valence electrons. The molecule has 1 aromatic rings. The molecule has 1 fully saturated rings. The van der Waals surface area contributed by atoms with Crippen LogP contribution < -0.4 is 4.74 Å². The number of hydrogen-bond acceptors (Lipinski definition) is 4. The standard InChI is InChI=1S/C18H25NO3/c1-19-8-5-11-9-14(22-2)17(21)16-15(11)13(19)10-18(16)6-3-12(20)4-7-18/h9,12-13,20-21H,3-8,10H2,1-2H3/t12?,13-,18?/m0/s1. The maximum absolute atomic E-state index is 10.8. The number of aliphatic hydroxyl groups is 1. The average molecular weight is 303 g/mol. The second-order valence-electron chi connectivity index (χ2n) is 7.34. The van der Waals surface area contributed by atoms with E-state index < -0.39 is 0 Å². The third kappa shape index (κ3) is 1.83. The summed E-state index contributed by atoms with van der Waals surface area (Å²) in [5.74, 6) is 0.958. The molecule has 1 saturated carbocycles. The number of benzene rings is 1. The van der Waals surface area contributed by atoms with E-state index in [1.165, 1.54) is 11.1 Å². The number of methoxy groups -OCH3 is 1. The van der Waals surface area contributed by atoms with Crippen LogP contribution in [-0.4, -0.2) is 41.9 Å². The zero-order valence-corrected chi connectivity index (χ0v) is 13.4. The molecule has 0 radical (unpaired) electrons. The number of ether oxygens (including phenoxy) is 1. The number of likely N-dealkylation sites (N-methyl/N-ethyl adjacent to an activating group) is 1. The Balaban J connectivity index is 1.90. The predicted octanol–water partition coefficient (Wildman–Crippen LogP) is 2.51. The molecule has 2 N–H and O–H groups in total. The van der Waals surface area contributed by atoms with Gasteiger partial charge in [-0.1, -0.05) is 0 Å². The Labute approximate surface area is 131 Å². The van der Waals surface area contributed by atoms with Gasteiger partial charge in [-0.2, -0.15) is 0 Å². The summed E-state index contributed by atoms with van der Waals surface area (Å²) in [4.78, 5) is 2.43. The van der Waals surface area contributed by atoms with Crippen molar-refractivity contribution in [1.82, 2.24) is 4.90 Å². The lowest BCUT2D eigenvalue weighted by molar-refractivity contribution is 0.0853. The van der Waals surface area contributed by atoms with Crippen LogP contribution >= 0.6 is 0 Å². The minimum Gasteiger partial charge on any atom is -0.504 e. The molecule has 0 amide bonds. The van der Waals surface area contributed by atoms with Crippen molar-refractivity contribution in [1.29, 1.82) is 0 Å². The van der Waals surface area contributed by atoms with Crippen molar-refractivity contribution in [3.05, 3.63) is 22.8 Å². The molecule has 2 aliphatic carbocycles. The van der Waals surface area contributed by atoms with Crippen LogP contribution in [0.3, 0.4) is 0 Å². The van der Waals surface area contributed by atoms with Crippen LogP contribution in [0.15, 0.2) is 6.07 Å². The molecule has 1 atom stereocenters. The van der Waals surface area contributed by atoms with Gasteiger partial charge < -0.3 is 14.9 Å². The van der Waals surface area contributed by atoms with E-state index in [4.69, 9.17) is 4.74 Å². The van der Waals surface area contributed by atoms with Crippen LogP contribution in [0.5, 0.6) is 11.5 Å². The maximum Gasteiger partial charge on any atom is 0.161 e. The Morgan fingerprint density at radius 1 is 1.32 bits per heavy atom. The van der Waals surface area contributed by atoms with Gasteiger partial charge in [0.1, 0.15) is 0 Å². The first-order valence-corrected chi connectivity index (χ1v) is 8.37. The van der Waals surface area contributed by atoms with E-state index in [1.54, 1.807) is 7.11 Å². The molecule has 4 heteroatoms. The van der Waals surface area contributed by atoms with Gasteiger partial charge in [0.2, 0.25) is 0 Å². The van der Waals surface area contributed by atoms with E-state index in [-0.39, 0.29) is 11.5 Å². The summed E-state index contributed by atoms with van der Waals surface area (Å²) in [5.41, 5.74) is 3.84. The molecule has 0 unspecified atom stereocenters. The summed E-state index contributed by atoms with van der Waals surface area (Å²) in [6.07, 6.45) is 5.51. The van der Waals surface area contributed by atoms with Crippen LogP contribution in [0.25, 0.3) is 0 Å². The molecule has 1 aromatic carbocycles. The summed E-state index contributed by atoms with van der Waals surface area (Å²) in [6.45, 7) is 1.06. The molecule has 4 rings (SSSR count). The van der Waals surface area contributed by atoms with Crippen molar-refractivity contribution < 1.29 is 14.9 Å². The first-order valence-electron chi connectivity index (χ1n) is 8.37. The van der Waals surface area contributed by atoms with Crippen molar-refractivity contribution >= 4 is 0 Å². The van der Waals surface area contributed by atoms with Crippen LogP contribution in [0.1, 0.15) is 54.8 Å². The fourth-order valence-corrected chi connectivity index (χ4v) is 5.01. The van der Waals surface area contributed by atoms with E-state index in [0.29, 0.717) is 17.5 Å². The molecule has 1 aliphatic heterocycles. The molecule has 4 nitrogen and oxygen atoms in total. The fourth-order valence-electron chi connectivity index (χ4n) is 5.01. The Hall–Kier alpha value is -1.26. The number of nitrogens with zero attached hydrogens (tertiary/aromatic N) is 1. The summed E-state index contributed by atoms with van der Waals surface area (Å²) >= 11 is 0. The van der Waals surface area contributed by atoms with Gasteiger partial charge in [0.15, 0.2) is 11.5 Å². The Morgan fingerprint density at radius 2 is 2.05 bits per heavy atom. The van der Waals surface area contributed by atoms with E-state index >= 15 is 0 Å². The lowest BCUT2D eigenvalue weighted by Crippen LogP contribution is -2.34. The zero-order chi connectivity index (χ0) is 15.5. The average Bonchev–Trinajstić information content (AvgIpc) is 2.86. The number of rotatable bonds is 1. The van der Waals surface area contributed by atoms with Gasteiger partial charge >= 0.3 is 0 Å². The maximum atomic E-state index is 10.8. The Morgan fingerprint density at radius 3 is 2.73 bits per heavy atom. The summed E-state index contributed by atoms with van der Waals surface area (Å²) in [5, 5.41) is 20.8. The molecule has 0 bridgehead atoms. The highest BCUT2D eigenvalue weighted by Crippen LogP contribution is 2.60. The molecular weight excluding hydrogens is 278 g/mol. The highest BCUT2D eigenvalue weighted by Gasteiger charge is 2.50. The first-order chi connectivity index (χ1) is 10.6. The SMILES string of the molecule is COc1cc2c3c(c1O)C1(CCC(O)CC1)C[C@@H]3N(C)CC2. The monoisotopic (exact) mass is 303 g/mol. The van der Waals surface area contributed by atoms with Crippen LogP contribution in [-0.2, 0) is 11.8 Å². The van der Waals surface area contributed by atoms with Gasteiger partial charge in [0.25, 0.3) is 0 Å². The highest BCUT2D eigenvalue weighted by molar-refractivity contribution is 5.61. The number of phenols is 1. The lowest BCUT2D eigenvalue weighted by Gasteiger charge is -2.37. The van der Waals surface area contributed by atoms with Gasteiger partial charge in [0, 0.05) is 23.6 Å². The molecular formula is C18H25NO3. The highest BCUT2D eigenvalue weighted by atomic mass is 16.5. The molecule has 0 saturated heterocycles. The van der Waals surface area contributed by atoms with Crippen molar-refractivity contribution in [2.75, 3.05) is 20.7 Å². The zero-order valence-electron chi connectivity index (χ0n) is 13.4. The largest absolute Gasteiger partial charge is 0.504 e. The smallest absolute Gasteiger partial charge is 0.161 e. The van der Waals surface area contributed by atoms with Crippen LogP contribution in [0.2, 0.25) is 0 Å². The lowest BCUT2D eigenvalue weighted by atomic mass is 9.69. The van der Waals surface area contributed by atoms with E-state index in [9.17, 15) is 10.2 Å². The summed E-state index contributed by atoms with van der Waals surface area (Å²) in [6, 6.07) is 2.44. The first kappa shape index (κ1) is 14.3. The molecule has 1 spiro atoms. The van der Waals surface area contributed by atoms with Gasteiger partial charge in [-0.05, 0) is 62.8 Å². The van der Waals surface area contributed by atoms with Gasteiger partial charge in [-0.25, -0.2) is 0 Å². The van der Waals surface area contributed by atoms with E-state index in [1.807, 2.05) is 6.07 Å².